The minimum atomic E-state index is -0.776. The molecule has 0 amide bonds. The fraction of sp³-hybridized carbons (Fsp3) is 0.520. The molecule has 4 rings (SSSR count). The van der Waals surface area contributed by atoms with E-state index >= 15 is 0 Å². The van der Waals surface area contributed by atoms with E-state index in [1.54, 1.807) is 24.3 Å². The number of hydrogen-bond donors (Lipinski definition) is 2. The molecule has 2 heterocycles. The van der Waals surface area contributed by atoms with Crippen molar-refractivity contribution in [3.63, 3.8) is 0 Å². The molecule has 0 radical (unpaired) electrons. The lowest BCUT2D eigenvalue weighted by molar-refractivity contribution is -0.0330. The number of aliphatic hydroxyl groups is 2. The van der Waals surface area contributed by atoms with E-state index in [9.17, 15) is 19.0 Å². The Morgan fingerprint density at radius 1 is 0.879 bits per heavy atom. The fourth-order valence-corrected chi connectivity index (χ4v) is 4.83. The molecule has 2 aromatic carbocycles. The summed E-state index contributed by atoms with van der Waals surface area (Å²) in [5.74, 6) is -0.570. The monoisotopic (exact) mass is 461 g/mol. The van der Waals surface area contributed by atoms with Gasteiger partial charge in [-0.3, -0.25) is 9.80 Å². The highest BCUT2D eigenvalue weighted by Gasteiger charge is 2.47. The number of aliphatic hydroxyl groups excluding tert-OH is 2. The van der Waals surface area contributed by atoms with Crippen LogP contribution in [0.2, 0.25) is 0 Å². The van der Waals surface area contributed by atoms with Crippen molar-refractivity contribution in [1.29, 1.82) is 0 Å². The van der Waals surface area contributed by atoms with Gasteiger partial charge in [0.15, 0.2) is 0 Å². The summed E-state index contributed by atoms with van der Waals surface area (Å²) < 4.78 is 33.0. The van der Waals surface area contributed by atoms with Crippen molar-refractivity contribution in [2.24, 2.45) is 0 Å². The third kappa shape index (κ3) is 6.15. The van der Waals surface area contributed by atoms with E-state index in [1.165, 1.54) is 24.3 Å². The van der Waals surface area contributed by atoms with Crippen LogP contribution in [-0.2, 0) is 17.8 Å². The van der Waals surface area contributed by atoms with Crippen molar-refractivity contribution in [3.8, 4) is 0 Å². The van der Waals surface area contributed by atoms with Crippen LogP contribution in [0.5, 0.6) is 0 Å². The first kappa shape index (κ1) is 24.2. The van der Waals surface area contributed by atoms with Crippen molar-refractivity contribution >= 4 is 0 Å². The number of likely N-dealkylation sites (N-methyl/N-ethyl adjacent to an activating group) is 1. The van der Waals surface area contributed by atoms with Crippen LogP contribution in [0.4, 0.5) is 8.78 Å². The highest BCUT2D eigenvalue weighted by molar-refractivity contribution is 5.18. The number of ether oxygens (including phenoxy) is 1. The summed E-state index contributed by atoms with van der Waals surface area (Å²) in [7, 11) is 2.08. The van der Waals surface area contributed by atoms with Crippen LogP contribution in [0.25, 0.3) is 0 Å². The number of hydrogen-bond acceptors (Lipinski definition) is 6. The van der Waals surface area contributed by atoms with E-state index in [-0.39, 0.29) is 30.4 Å². The highest BCUT2D eigenvalue weighted by atomic mass is 19.1. The van der Waals surface area contributed by atoms with E-state index in [0.717, 1.165) is 37.3 Å². The highest BCUT2D eigenvalue weighted by Crippen LogP contribution is 2.28. The van der Waals surface area contributed by atoms with Gasteiger partial charge in [0.05, 0.1) is 18.8 Å². The first-order valence-corrected chi connectivity index (χ1v) is 11.5. The van der Waals surface area contributed by atoms with Crippen LogP contribution in [-0.4, -0.2) is 95.6 Å². The van der Waals surface area contributed by atoms with Gasteiger partial charge in [0.2, 0.25) is 0 Å². The second-order valence-electron chi connectivity index (χ2n) is 9.14. The molecule has 2 saturated heterocycles. The first-order chi connectivity index (χ1) is 15.9. The van der Waals surface area contributed by atoms with Crippen molar-refractivity contribution < 1.29 is 23.7 Å². The molecule has 6 nitrogen and oxygen atoms in total. The SMILES string of the molecule is CN1CCN(C2C(CN(Cc3ccc(F)cc3)Cc3ccc(F)cc3)OC(CO)C2O)CC1. The maximum Gasteiger partial charge on any atom is 0.123 e. The van der Waals surface area contributed by atoms with E-state index in [1.807, 2.05) is 0 Å². The summed E-state index contributed by atoms with van der Waals surface area (Å²) in [6, 6.07) is 12.6. The van der Waals surface area contributed by atoms with Gasteiger partial charge in [0.25, 0.3) is 0 Å². The zero-order chi connectivity index (χ0) is 23.4. The molecule has 0 saturated carbocycles. The Kier molecular flexibility index (Phi) is 8.06. The third-order valence-corrected chi connectivity index (χ3v) is 6.68. The molecule has 180 valence electrons. The molecular formula is C25H33F2N3O3. The van der Waals surface area contributed by atoms with Crippen LogP contribution >= 0.6 is 0 Å². The topological polar surface area (TPSA) is 59.4 Å². The van der Waals surface area contributed by atoms with E-state index < -0.39 is 12.2 Å². The summed E-state index contributed by atoms with van der Waals surface area (Å²) in [6.45, 7) is 4.85. The van der Waals surface area contributed by atoms with E-state index in [4.69, 9.17) is 4.74 Å². The molecule has 2 aliphatic rings. The zero-order valence-electron chi connectivity index (χ0n) is 19.0. The molecule has 0 spiro atoms. The Morgan fingerprint density at radius 2 is 1.39 bits per heavy atom. The minimum absolute atomic E-state index is 0.222. The van der Waals surface area contributed by atoms with Gasteiger partial charge in [-0.2, -0.15) is 0 Å². The summed E-state index contributed by atoms with van der Waals surface area (Å²) in [6.07, 6.45) is -1.71. The smallest absolute Gasteiger partial charge is 0.123 e. The maximum absolute atomic E-state index is 13.4. The minimum Gasteiger partial charge on any atom is -0.394 e. The van der Waals surface area contributed by atoms with Crippen LogP contribution in [0, 0.1) is 11.6 Å². The number of piperazine rings is 1. The molecular weight excluding hydrogens is 428 g/mol. The predicted octanol–water partition coefficient (Wildman–Crippen LogP) is 1.70. The Morgan fingerprint density at radius 3 is 1.88 bits per heavy atom. The molecule has 4 atom stereocenters. The quantitative estimate of drug-likeness (QED) is 0.624. The Hall–Kier alpha value is -1.94. The van der Waals surface area contributed by atoms with Gasteiger partial charge in [-0.05, 0) is 42.4 Å². The van der Waals surface area contributed by atoms with E-state index in [2.05, 4.69) is 21.7 Å². The number of nitrogens with zero attached hydrogens (tertiary/aromatic N) is 3. The number of halogens is 2. The van der Waals surface area contributed by atoms with Crippen molar-refractivity contribution in [1.82, 2.24) is 14.7 Å². The lowest BCUT2D eigenvalue weighted by atomic mass is 10.0. The van der Waals surface area contributed by atoms with Crippen LogP contribution in [0.15, 0.2) is 48.5 Å². The lowest BCUT2D eigenvalue weighted by Crippen LogP contribution is -2.56. The van der Waals surface area contributed by atoms with Crippen LogP contribution < -0.4 is 0 Å². The van der Waals surface area contributed by atoms with Gasteiger partial charge in [-0.25, -0.2) is 8.78 Å². The maximum atomic E-state index is 13.4. The zero-order valence-corrected chi connectivity index (χ0v) is 19.0. The summed E-state index contributed by atoms with van der Waals surface area (Å²) in [5.41, 5.74) is 1.90. The molecule has 2 aromatic rings. The summed E-state index contributed by atoms with van der Waals surface area (Å²) >= 11 is 0. The number of benzene rings is 2. The van der Waals surface area contributed by atoms with E-state index in [0.29, 0.717) is 19.6 Å². The molecule has 2 N–H and O–H groups in total. The van der Waals surface area contributed by atoms with Gasteiger partial charge >= 0.3 is 0 Å². The summed E-state index contributed by atoms with van der Waals surface area (Å²) in [5, 5.41) is 20.7. The molecule has 0 bridgehead atoms. The number of rotatable bonds is 8. The fourth-order valence-electron chi connectivity index (χ4n) is 4.83. The molecule has 4 unspecified atom stereocenters. The third-order valence-electron chi connectivity index (χ3n) is 6.68. The van der Waals surface area contributed by atoms with Gasteiger partial charge in [-0.1, -0.05) is 24.3 Å². The molecule has 2 aliphatic heterocycles. The Bertz CT molecular complexity index is 828. The van der Waals surface area contributed by atoms with Crippen molar-refractivity contribution in [3.05, 3.63) is 71.3 Å². The van der Waals surface area contributed by atoms with Gasteiger partial charge < -0.3 is 19.8 Å². The standard InChI is InChI=1S/C25H33F2N3O3/c1-28-10-12-30(13-11-28)24-22(33-23(17-31)25(24)32)16-29(14-18-2-6-20(26)7-3-18)15-19-4-8-21(27)9-5-19/h2-9,22-25,31-32H,10-17H2,1H3. The largest absolute Gasteiger partial charge is 0.394 e. The Labute approximate surface area is 194 Å². The second kappa shape index (κ2) is 11.0. The average Bonchev–Trinajstić information content (AvgIpc) is 3.12. The van der Waals surface area contributed by atoms with Crippen LogP contribution in [0.3, 0.4) is 0 Å². The predicted molar refractivity (Wildman–Crippen MR) is 122 cm³/mol. The molecule has 0 aromatic heterocycles. The molecule has 2 fully saturated rings. The molecule has 0 aliphatic carbocycles. The lowest BCUT2D eigenvalue weighted by Gasteiger charge is -2.40. The molecule has 8 heteroatoms. The first-order valence-electron chi connectivity index (χ1n) is 11.5. The normalized spacial score (nSPS) is 26.8. The van der Waals surface area contributed by atoms with Gasteiger partial charge in [0.1, 0.15) is 23.8 Å². The summed E-state index contributed by atoms with van der Waals surface area (Å²) in [4.78, 5) is 6.69. The Balaban J connectivity index is 1.53. The van der Waals surface area contributed by atoms with Crippen LogP contribution in [0.1, 0.15) is 11.1 Å². The van der Waals surface area contributed by atoms with Crippen molar-refractivity contribution in [2.75, 3.05) is 46.4 Å². The van der Waals surface area contributed by atoms with Gasteiger partial charge in [0, 0.05) is 45.8 Å². The van der Waals surface area contributed by atoms with Crippen molar-refractivity contribution in [2.45, 2.75) is 37.4 Å². The second-order valence-corrected chi connectivity index (χ2v) is 9.14. The van der Waals surface area contributed by atoms with Gasteiger partial charge in [-0.15, -0.1) is 0 Å². The molecule has 33 heavy (non-hydrogen) atoms. The average molecular weight is 462 g/mol.